The molecule has 2 aliphatic carbocycles. The van der Waals surface area contributed by atoms with E-state index in [1.165, 1.54) is 31.3 Å². The number of hydrogen-bond donors (Lipinski definition) is 0. The zero-order chi connectivity index (χ0) is 7.84. The van der Waals surface area contributed by atoms with Crippen molar-refractivity contribution in [3.8, 4) is 0 Å². The average Bonchev–Trinajstić information content (AvgIpc) is 2.21. The van der Waals surface area contributed by atoms with Gasteiger partial charge in [0, 0.05) is 5.92 Å². The standard InChI is InChI=1S/C11H15/c1-3-8-7-9(4-2)11-6-5-10(8)11/h8H,3-6H2,1-2H3. The van der Waals surface area contributed by atoms with Gasteiger partial charge in [-0.15, -0.1) is 0 Å². The van der Waals surface area contributed by atoms with Crippen LogP contribution in [0.25, 0.3) is 0 Å². The maximum absolute atomic E-state index is 3.59. The van der Waals surface area contributed by atoms with Gasteiger partial charge in [0.25, 0.3) is 0 Å². The van der Waals surface area contributed by atoms with E-state index in [-0.39, 0.29) is 0 Å². The van der Waals surface area contributed by atoms with Crippen molar-refractivity contribution in [2.75, 3.05) is 0 Å². The van der Waals surface area contributed by atoms with Crippen molar-refractivity contribution >= 4 is 0 Å². The van der Waals surface area contributed by atoms with Crippen LogP contribution >= 0.6 is 0 Å². The maximum atomic E-state index is 3.59. The SMILES string of the molecule is CCC1=[C]C(CC)C2=C1CC2. The molecule has 0 aromatic rings. The molecular weight excluding hydrogens is 132 g/mol. The van der Waals surface area contributed by atoms with Gasteiger partial charge in [-0.1, -0.05) is 19.4 Å². The summed E-state index contributed by atoms with van der Waals surface area (Å²) in [6, 6.07) is 0. The Kier molecular flexibility index (Phi) is 1.63. The molecule has 0 nitrogen and oxygen atoms in total. The Morgan fingerprint density at radius 3 is 2.45 bits per heavy atom. The van der Waals surface area contributed by atoms with E-state index in [1.54, 1.807) is 11.1 Å². The van der Waals surface area contributed by atoms with Crippen LogP contribution in [0.15, 0.2) is 16.7 Å². The highest BCUT2D eigenvalue weighted by Gasteiger charge is 2.30. The van der Waals surface area contributed by atoms with Crippen molar-refractivity contribution in [3.05, 3.63) is 22.8 Å². The largest absolute Gasteiger partial charge is 0.0645 e. The summed E-state index contributed by atoms with van der Waals surface area (Å²) in [5.74, 6) is 0.702. The van der Waals surface area contributed by atoms with Gasteiger partial charge in [-0.2, -0.15) is 0 Å². The van der Waals surface area contributed by atoms with Gasteiger partial charge in [0.1, 0.15) is 0 Å². The molecule has 1 atom stereocenters. The Hall–Kier alpha value is -0.520. The summed E-state index contributed by atoms with van der Waals surface area (Å²) in [6.07, 6.45) is 8.72. The topological polar surface area (TPSA) is 0 Å². The number of allylic oxidation sites excluding steroid dienone is 4. The third kappa shape index (κ3) is 0.885. The normalized spacial score (nSPS) is 28.2. The Bertz CT molecular complexity index is 230. The minimum absolute atomic E-state index is 0.702. The zero-order valence-corrected chi connectivity index (χ0v) is 7.41. The molecule has 0 spiro atoms. The fourth-order valence-electron chi connectivity index (χ4n) is 2.17. The first-order valence-electron chi connectivity index (χ1n) is 4.71. The zero-order valence-electron chi connectivity index (χ0n) is 7.41. The number of rotatable bonds is 2. The lowest BCUT2D eigenvalue weighted by Crippen LogP contribution is -2.06. The van der Waals surface area contributed by atoms with Crippen LogP contribution in [-0.2, 0) is 0 Å². The van der Waals surface area contributed by atoms with E-state index >= 15 is 0 Å². The molecule has 59 valence electrons. The lowest BCUT2D eigenvalue weighted by molar-refractivity contribution is 0.641. The Morgan fingerprint density at radius 2 is 2.18 bits per heavy atom. The molecule has 1 radical (unpaired) electrons. The summed E-state index contributed by atoms with van der Waals surface area (Å²) in [4.78, 5) is 0. The van der Waals surface area contributed by atoms with Gasteiger partial charge in [-0.3, -0.25) is 0 Å². The minimum atomic E-state index is 0.702. The smallest absolute Gasteiger partial charge is 0.00574 e. The van der Waals surface area contributed by atoms with Gasteiger partial charge >= 0.3 is 0 Å². The molecule has 0 aromatic carbocycles. The number of hydrogen-bond acceptors (Lipinski definition) is 0. The van der Waals surface area contributed by atoms with Gasteiger partial charge in [-0.05, 0) is 42.9 Å². The van der Waals surface area contributed by atoms with Crippen LogP contribution in [0.2, 0.25) is 0 Å². The Balaban J connectivity index is 2.25. The molecule has 0 saturated carbocycles. The molecule has 0 heterocycles. The summed E-state index contributed by atoms with van der Waals surface area (Å²) in [6.45, 7) is 4.50. The van der Waals surface area contributed by atoms with Crippen LogP contribution < -0.4 is 0 Å². The molecule has 0 amide bonds. The van der Waals surface area contributed by atoms with Gasteiger partial charge in [0.15, 0.2) is 0 Å². The van der Waals surface area contributed by atoms with E-state index in [0.29, 0.717) is 5.92 Å². The molecule has 0 aliphatic heterocycles. The van der Waals surface area contributed by atoms with E-state index in [2.05, 4.69) is 19.9 Å². The van der Waals surface area contributed by atoms with Gasteiger partial charge < -0.3 is 0 Å². The van der Waals surface area contributed by atoms with Crippen LogP contribution in [0.3, 0.4) is 0 Å². The molecule has 11 heavy (non-hydrogen) atoms. The second-order valence-electron chi connectivity index (χ2n) is 3.44. The van der Waals surface area contributed by atoms with Crippen LogP contribution in [0.4, 0.5) is 0 Å². The molecule has 0 aromatic heterocycles. The van der Waals surface area contributed by atoms with Crippen molar-refractivity contribution < 1.29 is 0 Å². The van der Waals surface area contributed by atoms with Crippen LogP contribution in [0.5, 0.6) is 0 Å². The minimum Gasteiger partial charge on any atom is -0.0645 e. The Labute approximate surface area is 69.0 Å². The van der Waals surface area contributed by atoms with Crippen molar-refractivity contribution in [3.63, 3.8) is 0 Å². The van der Waals surface area contributed by atoms with Gasteiger partial charge in [0.2, 0.25) is 0 Å². The van der Waals surface area contributed by atoms with Crippen molar-refractivity contribution in [1.29, 1.82) is 0 Å². The second-order valence-corrected chi connectivity index (χ2v) is 3.44. The fourth-order valence-corrected chi connectivity index (χ4v) is 2.17. The van der Waals surface area contributed by atoms with Gasteiger partial charge in [-0.25, -0.2) is 0 Å². The second kappa shape index (κ2) is 2.51. The summed E-state index contributed by atoms with van der Waals surface area (Å²) >= 11 is 0. The van der Waals surface area contributed by atoms with E-state index in [4.69, 9.17) is 0 Å². The van der Waals surface area contributed by atoms with E-state index in [9.17, 15) is 0 Å². The molecule has 1 unspecified atom stereocenters. The quantitative estimate of drug-likeness (QED) is 0.562. The maximum Gasteiger partial charge on any atom is 0.00574 e. The van der Waals surface area contributed by atoms with Crippen LogP contribution in [0.1, 0.15) is 39.5 Å². The summed E-state index contributed by atoms with van der Waals surface area (Å²) in [5, 5.41) is 0. The van der Waals surface area contributed by atoms with Crippen LogP contribution in [-0.4, -0.2) is 0 Å². The lowest BCUT2D eigenvalue weighted by Gasteiger charge is -2.22. The average molecular weight is 147 g/mol. The third-order valence-electron chi connectivity index (χ3n) is 2.93. The highest BCUT2D eigenvalue weighted by atomic mass is 14.3. The van der Waals surface area contributed by atoms with E-state index < -0.39 is 0 Å². The molecule has 0 bridgehead atoms. The highest BCUT2D eigenvalue weighted by Crippen LogP contribution is 2.45. The molecule has 2 aliphatic rings. The molecule has 0 fully saturated rings. The monoisotopic (exact) mass is 147 g/mol. The first kappa shape index (κ1) is 7.15. The summed E-state index contributed by atoms with van der Waals surface area (Å²) in [5.41, 5.74) is 4.90. The predicted octanol–water partition coefficient (Wildman–Crippen LogP) is 3.26. The Morgan fingerprint density at radius 1 is 1.36 bits per heavy atom. The third-order valence-corrected chi connectivity index (χ3v) is 2.93. The molecule has 0 saturated heterocycles. The fraction of sp³-hybridized carbons (Fsp3) is 0.636. The highest BCUT2D eigenvalue weighted by molar-refractivity contribution is 5.47. The molecule has 2 rings (SSSR count). The van der Waals surface area contributed by atoms with Crippen molar-refractivity contribution in [1.82, 2.24) is 0 Å². The van der Waals surface area contributed by atoms with Crippen LogP contribution in [0, 0.1) is 12.0 Å². The molecule has 0 N–H and O–H groups in total. The van der Waals surface area contributed by atoms with E-state index in [0.717, 1.165) is 0 Å². The predicted molar refractivity (Wildman–Crippen MR) is 47.1 cm³/mol. The molecule has 0 heteroatoms. The van der Waals surface area contributed by atoms with Gasteiger partial charge in [0.05, 0.1) is 0 Å². The van der Waals surface area contributed by atoms with Crippen molar-refractivity contribution in [2.24, 2.45) is 5.92 Å². The first-order chi connectivity index (χ1) is 5.36. The lowest BCUT2D eigenvalue weighted by atomic mass is 9.82. The van der Waals surface area contributed by atoms with Crippen molar-refractivity contribution in [2.45, 2.75) is 39.5 Å². The summed E-state index contributed by atoms with van der Waals surface area (Å²) < 4.78 is 0. The summed E-state index contributed by atoms with van der Waals surface area (Å²) in [7, 11) is 0. The first-order valence-corrected chi connectivity index (χ1v) is 4.71. The molecular formula is C11H15. The van der Waals surface area contributed by atoms with E-state index in [1.807, 2.05) is 0 Å².